The lowest BCUT2D eigenvalue weighted by atomic mass is 9.92. The summed E-state index contributed by atoms with van der Waals surface area (Å²) in [5.41, 5.74) is -4.81. The van der Waals surface area contributed by atoms with Crippen LogP contribution in [0.2, 0.25) is 0 Å². The van der Waals surface area contributed by atoms with Crippen molar-refractivity contribution in [1.82, 2.24) is 10.6 Å². The molecule has 0 fully saturated rings. The summed E-state index contributed by atoms with van der Waals surface area (Å²) in [6.07, 6.45) is 1.61. The molecular weight excluding hydrogens is 485 g/mol. The van der Waals surface area contributed by atoms with Gasteiger partial charge in [-0.05, 0) is 38.2 Å². The van der Waals surface area contributed by atoms with Gasteiger partial charge < -0.3 is 25.2 Å². The van der Waals surface area contributed by atoms with Gasteiger partial charge in [-0.25, -0.2) is 0 Å². The summed E-state index contributed by atoms with van der Waals surface area (Å²) in [5, 5.41) is 5.35. The van der Waals surface area contributed by atoms with Crippen LogP contribution in [0.15, 0.2) is 24.3 Å². The molecule has 0 bridgehead atoms. The summed E-state index contributed by atoms with van der Waals surface area (Å²) < 4.78 is 38.8. The van der Waals surface area contributed by atoms with E-state index in [0.29, 0.717) is 31.4 Å². The number of hydrogen-bond acceptors (Lipinski definition) is 5. The number of alkyl halides is 2. The van der Waals surface area contributed by atoms with E-state index in [9.17, 15) is 32.5 Å². The topological polar surface area (TPSA) is 150 Å². The van der Waals surface area contributed by atoms with Crippen molar-refractivity contribution >= 4 is 31.0 Å². The van der Waals surface area contributed by atoms with Gasteiger partial charge in [-0.2, -0.15) is 8.78 Å². The summed E-state index contributed by atoms with van der Waals surface area (Å²) in [4.78, 5) is 65.7. The van der Waals surface area contributed by atoms with E-state index in [1.165, 1.54) is 26.0 Å². The Morgan fingerprint density at radius 1 is 1.06 bits per heavy atom. The molecule has 2 atom stereocenters. The smallest absolute Gasteiger partial charge is 0.356 e. The van der Waals surface area contributed by atoms with Gasteiger partial charge >= 0.3 is 13.3 Å². The highest BCUT2D eigenvalue weighted by atomic mass is 31.2. The van der Waals surface area contributed by atoms with Crippen LogP contribution in [-0.2, 0) is 35.8 Å². The molecule has 0 saturated heterocycles. The molecule has 0 saturated carbocycles. The summed E-state index contributed by atoms with van der Waals surface area (Å²) >= 11 is 0. The van der Waals surface area contributed by atoms with E-state index in [1.54, 1.807) is 6.92 Å². The average Bonchev–Trinajstić information content (AvgIpc) is 2.76. The summed E-state index contributed by atoms with van der Waals surface area (Å²) in [7, 11) is -5.71. The third-order valence-electron chi connectivity index (χ3n) is 5.40. The minimum atomic E-state index is -5.71. The molecule has 1 rings (SSSR count). The van der Waals surface area contributed by atoms with Gasteiger partial charge in [0, 0.05) is 37.8 Å². The largest absolute Gasteiger partial charge is 0.399 e. The minimum absolute atomic E-state index is 0.00272. The van der Waals surface area contributed by atoms with Gasteiger partial charge in [0.25, 0.3) is 0 Å². The first kappa shape index (κ1) is 30.5. The highest BCUT2D eigenvalue weighted by molar-refractivity contribution is 7.52. The molecule has 0 aliphatic carbocycles. The Morgan fingerprint density at radius 3 is 2.14 bits per heavy atom. The Hall–Kier alpha value is -2.49. The molecule has 0 aliphatic heterocycles. The maximum Gasteiger partial charge on any atom is 0.399 e. The first-order valence-electron chi connectivity index (χ1n) is 11.3. The zero-order valence-electron chi connectivity index (χ0n) is 20.1. The fraction of sp³-hybridized carbons (Fsp3) is 0.565. The van der Waals surface area contributed by atoms with Crippen LogP contribution >= 0.6 is 7.60 Å². The van der Waals surface area contributed by atoms with Crippen molar-refractivity contribution in [3.8, 4) is 0 Å². The number of rotatable bonds is 15. The zero-order valence-corrected chi connectivity index (χ0v) is 20.9. The zero-order chi connectivity index (χ0) is 26.8. The SMILES string of the molecule is CCC(=O)C(CCCCNC(C)=O)NC(=O)C(CC(C)=O)Cc1ccc(C(F)(F)P(=O)(O)O)cc1. The number of unbranched alkanes of at least 4 members (excludes halogenated alkanes) is 1. The Kier molecular flexibility index (Phi) is 11.8. The number of carbonyl (C=O) groups excluding carboxylic acids is 4. The third-order valence-corrected chi connectivity index (χ3v) is 6.39. The first-order valence-corrected chi connectivity index (χ1v) is 12.9. The highest BCUT2D eigenvalue weighted by Crippen LogP contribution is 2.59. The van der Waals surface area contributed by atoms with Gasteiger partial charge in [0.1, 0.15) is 5.78 Å². The monoisotopic (exact) mass is 518 g/mol. The van der Waals surface area contributed by atoms with Gasteiger partial charge in [-0.3, -0.25) is 18.9 Å². The van der Waals surface area contributed by atoms with E-state index >= 15 is 0 Å². The fourth-order valence-corrected chi connectivity index (χ4v) is 3.97. The van der Waals surface area contributed by atoms with Gasteiger partial charge in [0.2, 0.25) is 11.8 Å². The second-order valence-electron chi connectivity index (χ2n) is 8.45. The number of nitrogens with one attached hydrogen (secondary N) is 2. The van der Waals surface area contributed by atoms with Crippen molar-refractivity contribution in [3.05, 3.63) is 35.4 Å². The fourth-order valence-electron chi connectivity index (χ4n) is 3.49. The summed E-state index contributed by atoms with van der Waals surface area (Å²) in [6.45, 7) is 4.82. The number of ketones is 2. The standard InChI is InChI=1S/C23H33F2N2O7P/c1-4-21(30)20(7-5-6-12-26-16(3)29)27-22(31)18(13-15(2)28)14-17-8-10-19(11-9-17)23(24,25)35(32,33)34/h8-11,18,20H,4-7,12-14H2,1-3H3,(H,26,29)(H,27,31)(H2,32,33,34). The Labute approximate surface area is 203 Å². The van der Waals surface area contributed by atoms with Gasteiger partial charge in [0.05, 0.1) is 6.04 Å². The molecule has 9 nitrogen and oxygen atoms in total. The highest BCUT2D eigenvalue weighted by Gasteiger charge is 2.50. The van der Waals surface area contributed by atoms with E-state index in [0.717, 1.165) is 12.1 Å². The van der Waals surface area contributed by atoms with Crippen LogP contribution in [0.3, 0.4) is 0 Å². The van der Waals surface area contributed by atoms with E-state index < -0.39 is 36.7 Å². The minimum Gasteiger partial charge on any atom is -0.356 e. The molecule has 35 heavy (non-hydrogen) atoms. The summed E-state index contributed by atoms with van der Waals surface area (Å²) in [5.74, 6) is -2.01. The molecule has 1 aromatic rings. The third kappa shape index (κ3) is 9.95. The average molecular weight is 518 g/mol. The summed E-state index contributed by atoms with van der Waals surface area (Å²) in [6, 6.07) is 3.42. The van der Waals surface area contributed by atoms with Crippen molar-refractivity contribution in [2.45, 2.75) is 71.0 Å². The number of hydrogen-bond donors (Lipinski definition) is 4. The van der Waals surface area contributed by atoms with Gasteiger partial charge in [-0.15, -0.1) is 0 Å². The second-order valence-corrected chi connectivity index (χ2v) is 10.1. The Bertz CT molecular complexity index is 948. The quantitative estimate of drug-likeness (QED) is 0.206. The number of carbonyl (C=O) groups is 4. The maximum absolute atomic E-state index is 13.9. The molecule has 2 unspecified atom stereocenters. The second kappa shape index (κ2) is 13.6. The van der Waals surface area contributed by atoms with Crippen molar-refractivity contribution in [2.75, 3.05) is 6.54 Å². The Balaban J connectivity index is 2.93. The first-order chi connectivity index (χ1) is 16.2. The van der Waals surface area contributed by atoms with Crippen LogP contribution in [0, 0.1) is 5.92 Å². The van der Waals surface area contributed by atoms with Crippen molar-refractivity contribution in [3.63, 3.8) is 0 Å². The lowest BCUT2D eigenvalue weighted by Crippen LogP contribution is -2.44. The van der Waals surface area contributed by atoms with E-state index in [1.807, 2.05) is 0 Å². The van der Waals surface area contributed by atoms with Crippen LogP contribution < -0.4 is 10.6 Å². The number of halogens is 2. The van der Waals surface area contributed by atoms with Crippen molar-refractivity contribution < 1.29 is 42.3 Å². The molecule has 0 heterocycles. The number of Topliss-reactive ketones (excluding diaryl/α,β-unsaturated/α-hetero) is 2. The molecule has 0 spiro atoms. The maximum atomic E-state index is 13.9. The molecule has 0 aliphatic rings. The van der Waals surface area contributed by atoms with E-state index in [4.69, 9.17) is 9.79 Å². The van der Waals surface area contributed by atoms with E-state index in [2.05, 4.69) is 10.6 Å². The van der Waals surface area contributed by atoms with Crippen LogP contribution in [0.25, 0.3) is 0 Å². The lowest BCUT2D eigenvalue weighted by Gasteiger charge is -2.22. The van der Waals surface area contributed by atoms with Gasteiger partial charge in [0.15, 0.2) is 5.78 Å². The van der Waals surface area contributed by atoms with Gasteiger partial charge in [-0.1, -0.05) is 31.2 Å². The normalized spacial score (nSPS) is 13.6. The molecule has 4 N–H and O–H groups in total. The molecule has 12 heteroatoms. The van der Waals surface area contributed by atoms with Crippen molar-refractivity contribution in [2.24, 2.45) is 5.92 Å². The molecule has 1 aromatic carbocycles. The molecule has 196 valence electrons. The number of amides is 2. The Morgan fingerprint density at radius 2 is 1.66 bits per heavy atom. The molecule has 0 radical (unpaired) electrons. The van der Waals surface area contributed by atoms with Crippen molar-refractivity contribution in [1.29, 1.82) is 0 Å². The van der Waals surface area contributed by atoms with E-state index in [-0.39, 0.29) is 36.7 Å². The van der Waals surface area contributed by atoms with Crippen LogP contribution in [0.1, 0.15) is 64.0 Å². The van der Waals surface area contributed by atoms with Crippen LogP contribution in [-0.4, -0.2) is 45.8 Å². The van der Waals surface area contributed by atoms with Crippen LogP contribution in [0.4, 0.5) is 8.78 Å². The number of benzene rings is 1. The molecular formula is C23H33F2N2O7P. The molecule has 2 amide bonds. The predicted octanol–water partition coefficient (Wildman–Crippen LogP) is 2.82. The predicted molar refractivity (Wildman–Crippen MR) is 125 cm³/mol. The molecule has 0 aromatic heterocycles. The van der Waals surface area contributed by atoms with Crippen LogP contribution in [0.5, 0.6) is 0 Å². The lowest BCUT2D eigenvalue weighted by molar-refractivity contribution is -0.132.